The summed E-state index contributed by atoms with van der Waals surface area (Å²) < 4.78 is 11.4. The van der Waals surface area contributed by atoms with Crippen molar-refractivity contribution in [3.05, 3.63) is 41.1 Å². The Bertz CT molecular complexity index is 777. The highest BCUT2D eigenvalue weighted by atomic mass is 16.5. The van der Waals surface area contributed by atoms with Gasteiger partial charge in [-0.25, -0.2) is 4.98 Å². The normalized spacial score (nSPS) is 19.6. The molecule has 26 heavy (non-hydrogen) atoms. The summed E-state index contributed by atoms with van der Waals surface area (Å²) in [5, 5.41) is 12.5. The predicted molar refractivity (Wildman–Crippen MR) is 98.7 cm³/mol. The van der Waals surface area contributed by atoms with Crippen LogP contribution in [-0.2, 0) is 17.9 Å². The third kappa shape index (κ3) is 3.45. The molecule has 0 spiro atoms. The van der Waals surface area contributed by atoms with Gasteiger partial charge in [0.15, 0.2) is 0 Å². The van der Waals surface area contributed by atoms with E-state index in [0.29, 0.717) is 31.6 Å². The number of benzene rings is 1. The van der Waals surface area contributed by atoms with E-state index in [1.165, 1.54) is 0 Å². The van der Waals surface area contributed by atoms with Gasteiger partial charge in [-0.3, -0.25) is 0 Å². The lowest BCUT2D eigenvalue weighted by molar-refractivity contribution is 0.193. The molecule has 4 rings (SSSR count). The van der Waals surface area contributed by atoms with E-state index in [-0.39, 0.29) is 6.61 Å². The van der Waals surface area contributed by atoms with Gasteiger partial charge < -0.3 is 24.8 Å². The first kappa shape index (κ1) is 17.1. The molecule has 0 bridgehead atoms. The Hall–Kier alpha value is -2.38. The van der Waals surface area contributed by atoms with E-state index in [1.54, 1.807) is 0 Å². The molecule has 0 unspecified atom stereocenters. The monoisotopic (exact) mass is 356 g/mol. The van der Waals surface area contributed by atoms with Crippen molar-refractivity contribution in [2.45, 2.75) is 25.5 Å². The lowest BCUT2D eigenvalue weighted by Crippen LogP contribution is -2.27. The summed E-state index contributed by atoms with van der Waals surface area (Å²) in [6, 6.07) is 7.90. The molecular weight excluding hydrogens is 332 g/mol. The quantitative estimate of drug-likeness (QED) is 0.866. The number of fused-ring (bicyclic) bond motifs is 1. The molecule has 1 saturated heterocycles. The van der Waals surface area contributed by atoms with E-state index in [2.05, 4.69) is 26.3 Å². The van der Waals surface area contributed by atoms with E-state index in [9.17, 15) is 5.11 Å². The Morgan fingerprint density at radius 3 is 2.96 bits per heavy atom. The SMILES string of the molecule is CNc1nc([C@H]2CCOC2)cc(N2CCOc3ccc(CO)cc3C2)n1. The zero-order valence-electron chi connectivity index (χ0n) is 14.9. The summed E-state index contributed by atoms with van der Waals surface area (Å²) in [4.78, 5) is 11.5. The summed E-state index contributed by atoms with van der Waals surface area (Å²) in [5.74, 6) is 2.70. The third-order valence-electron chi connectivity index (χ3n) is 4.92. The largest absolute Gasteiger partial charge is 0.491 e. The molecule has 7 heteroatoms. The number of aliphatic hydroxyl groups excluding tert-OH is 1. The van der Waals surface area contributed by atoms with E-state index >= 15 is 0 Å². The van der Waals surface area contributed by atoms with Gasteiger partial charge >= 0.3 is 0 Å². The first-order valence-electron chi connectivity index (χ1n) is 9.01. The molecule has 0 saturated carbocycles. The summed E-state index contributed by atoms with van der Waals surface area (Å²) in [7, 11) is 1.84. The Labute approximate surface area is 153 Å². The second-order valence-electron chi connectivity index (χ2n) is 6.66. The summed E-state index contributed by atoms with van der Waals surface area (Å²) in [6.45, 7) is 3.54. The first-order valence-corrected chi connectivity index (χ1v) is 9.01. The lowest BCUT2D eigenvalue weighted by Gasteiger charge is -2.23. The molecule has 3 heterocycles. The van der Waals surface area contributed by atoms with Crippen LogP contribution in [0.4, 0.5) is 11.8 Å². The Kier molecular flexibility index (Phi) is 4.90. The van der Waals surface area contributed by atoms with Crippen LogP contribution in [0.2, 0.25) is 0 Å². The molecule has 2 aliphatic heterocycles. The average molecular weight is 356 g/mol. The lowest BCUT2D eigenvalue weighted by atomic mass is 10.0. The highest BCUT2D eigenvalue weighted by molar-refractivity contribution is 5.49. The minimum absolute atomic E-state index is 0.0243. The van der Waals surface area contributed by atoms with Crippen LogP contribution in [0.3, 0.4) is 0 Å². The van der Waals surface area contributed by atoms with Gasteiger partial charge in [0.25, 0.3) is 0 Å². The molecule has 0 radical (unpaired) electrons. The summed E-state index contributed by atoms with van der Waals surface area (Å²) in [5.41, 5.74) is 2.97. The number of ether oxygens (including phenoxy) is 2. The Morgan fingerprint density at radius 1 is 1.27 bits per heavy atom. The number of hydrogen-bond donors (Lipinski definition) is 2. The van der Waals surface area contributed by atoms with E-state index in [1.807, 2.05) is 25.2 Å². The number of nitrogens with zero attached hydrogens (tertiary/aromatic N) is 3. The molecule has 1 atom stereocenters. The van der Waals surface area contributed by atoms with Crippen LogP contribution in [-0.4, -0.2) is 48.5 Å². The number of hydrogen-bond acceptors (Lipinski definition) is 7. The minimum atomic E-state index is 0.0243. The third-order valence-corrected chi connectivity index (χ3v) is 4.92. The molecular formula is C19H24N4O3. The predicted octanol–water partition coefficient (Wildman–Crippen LogP) is 1.91. The summed E-state index contributed by atoms with van der Waals surface area (Å²) >= 11 is 0. The second-order valence-corrected chi connectivity index (χ2v) is 6.66. The summed E-state index contributed by atoms with van der Waals surface area (Å²) in [6.07, 6.45) is 0.991. The molecule has 1 aromatic carbocycles. The van der Waals surface area contributed by atoms with E-state index in [0.717, 1.165) is 48.0 Å². The standard InChI is InChI=1S/C19H24N4O3/c1-20-19-21-16(14-4-6-25-12-14)9-18(22-19)23-5-7-26-17-3-2-13(11-24)8-15(17)10-23/h2-3,8-9,14,24H,4-7,10-12H2,1H3,(H,20,21,22)/t14-/m0/s1. The smallest absolute Gasteiger partial charge is 0.224 e. The fraction of sp³-hybridized carbons (Fsp3) is 0.474. The van der Waals surface area contributed by atoms with Crippen LogP contribution in [0.1, 0.15) is 29.2 Å². The maximum absolute atomic E-state index is 9.42. The van der Waals surface area contributed by atoms with Crippen molar-refractivity contribution in [1.82, 2.24) is 9.97 Å². The van der Waals surface area contributed by atoms with Gasteiger partial charge in [0.2, 0.25) is 5.95 Å². The molecule has 0 aliphatic carbocycles. The molecule has 0 amide bonds. The van der Waals surface area contributed by atoms with Crippen LogP contribution in [0, 0.1) is 0 Å². The molecule has 2 aromatic rings. The molecule has 138 valence electrons. The minimum Gasteiger partial charge on any atom is -0.491 e. The number of rotatable bonds is 4. The van der Waals surface area contributed by atoms with Crippen LogP contribution >= 0.6 is 0 Å². The van der Waals surface area contributed by atoms with Gasteiger partial charge in [-0.2, -0.15) is 4.98 Å². The van der Waals surface area contributed by atoms with Gasteiger partial charge in [0.1, 0.15) is 18.2 Å². The van der Waals surface area contributed by atoms with Crippen molar-refractivity contribution in [3.8, 4) is 5.75 Å². The molecule has 7 nitrogen and oxygen atoms in total. The van der Waals surface area contributed by atoms with Crippen molar-refractivity contribution in [3.63, 3.8) is 0 Å². The first-order chi connectivity index (χ1) is 12.8. The van der Waals surface area contributed by atoms with Crippen molar-refractivity contribution in [2.75, 3.05) is 43.6 Å². The van der Waals surface area contributed by atoms with Crippen LogP contribution in [0.15, 0.2) is 24.3 Å². The average Bonchev–Trinajstić information content (AvgIpc) is 3.14. The van der Waals surface area contributed by atoms with Crippen molar-refractivity contribution >= 4 is 11.8 Å². The van der Waals surface area contributed by atoms with Crippen LogP contribution in [0.5, 0.6) is 5.75 Å². The maximum atomic E-state index is 9.42. The number of aromatic nitrogens is 2. The van der Waals surface area contributed by atoms with Gasteiger partial charge in [0, 0.05) is 37.7 Å². The topological polar surface area (TPSA) is 79.7 Å². The fourth-order valence-electron chi connectivity index (χ4n) is 3.44. The van der Waals surface area contributed by atoms with Crippen LogP contribution < -0.4 is 15.0 Å². The molecule has 1 fully saturated rings. The highest BCUT2D eigenvalue weighted by Crippen LogP contribution is 2.30. The molecule has 2 aliphatic rings. The van der Waals surface area contributed by atoms with Gasteiger partial charge in [0.05, 0.1) is 25.5 Å². The van der Waals surface area contributed by atoms with Gasteiger partial charge in [-0.1, -0.05) is 6.07 Å². The van der Waals surface area contributed by atoms with Gasteiger partial charge in [-0.15, -0.1) is 0 Å². The number of nitrogens with one attached hydrogen (secondary N) is 1. The zero-order chi connectivity index (χ0) is 17.9. The maximum Gasteiger partial charge on any atom is 0.224 e. The Morgan fingerprint density at radius 2 is 2.19 bits per heavy atom. The number of aliphatic hydroxyl groups is 1. The van der Waals surface area contributed by atoms with Gasteiger partial charge in [-0.05, 0) is 24.1 Å². The fourth-order valence-corrected chi connectivity index (χ4v) is 3.44. The Balaban J connectivity index is 1.66. The van der Waals surface area contributed by atoms with E-state index in [4.69, 9.17) is 9.47 Å². The zero-order valence-corrected chi connectivity index (χ0v) is 14.9. The number of anilines is 2. The van der Waals surface area contributed by atoms with Crippen molar-refractivity contribution < 1.29 is 14.6 Å². The van der Waals surface area contributed by atoms with Crippen molar-refractivity contribution in [2.24, 2.45) is 0 Å². The highest BCUT2D eigenvalue weighted by Gasteiger charge is 2.23. The van der Waals surface area contributed by atoms with Crippen molar-refractivity contribution in [1.29, 1.82) is 0 Å². The van der Waals surface area contributed by atoms with E-state index < -0.39 is 0 Å². The molecule has 1 aromatic heterocycles. The second kappa shape index (κ2) is 7.47. The molecule has 2 N–H and O–H groups in total. The van der Waals surface area contributed by atoms with Crippen LogP contribution in [0.25, 0.3) is 0 Å².